The average molecular weight is 219 g/mol. The maximum atomic E-state index is 4.68. The van der Waals surface area contributed by atoms with Gasteiger partial charge in [-0.2, -0.15) is 0 Å². The number of rotatable bonds is 2. The Balaban J connectivity index is 1.82. The molecule has 2 N–H and O–H groups in total. The number of fused-ring (bicyclic) bond motifs is 1. The van der Waals surface area contributed by atoms with Gasteiger partial charge in [-0.3, -0.25) is 0 Å². The van der Waals surface area contributed by atoms with Crippen LogP contribution >= 0.6 is 0 Å². The second-order valence-corrected chi connectivity index (χ2v) is 5.52. The Morgan fingerprint density at radius 1 is 1.31 bits per heavy atom. The maximum absolute atomic E-state index is 4.68. The second-order valence-electron chi connectivity index (χ2n) is 5.52. The second kappa shape index (κ2) is 3.88. The van der Waals surface area contributed by atoms with Gasteiger partial charge >= 0.3 is 0 Å². The SMILES string of the molecule is CNCc1nc2c([nH]1)CC1(CCCC1)CC2. The first-order chi connectivity index (χ1) is 7.81. The van der Waals surface area contributed by atoms with E-state index in [1.165, 1.54) is 56.3 Å². The lowest BCUT2D eigenvalue weighted by molar-refractivity contribution is 0.251. The predicted molar refractivity (Wildman–Crippen MR) is 64.3 cm³/mol. The highest BCUT2D eigenvalue weighted by Crippen LogP contribution is 2.47. The van der Waals surface area contributed by atoms with E-state index < -0.39 is 0 Å². The lowest BCUT2D eigenvalue weighted by atomic mass is 9.73. The Kier molecular flexibility index (Phi) is 2.51. The van der Waals surface area contributed by atoms with Crippen LogP contribution in [0.15, 0.2) is 0 Å². The third-order valence-corrected chi connectivity index (χ3v) is 4.37. The molecule has 1 aromatic heterocycles. The molecule has 88 valence electrons. The van der Waals surface area contributed by atoms with Gasteiger partial charge in [0.1, 0.15) is 5.82 Å². The molecule has 0 atom stereocenters. The van der Waals surface area contributed by atoms with Crippen LogP contribution < -0.4 is 5.32 Å². The Hall–Kier alpha value is -0.830. The number of hydrogen-bond donors (Lipinski definition) is 2. The fraction of sp³-hybridized carbons (Fsp3) is 0.769. The van der Waals surface area contributed by atoms with Crippen molar-refractivity contribution in [2.24, 2.45) is 5.41 Å². The number of nitrogens with zero attached hydrogens (tertiary/aromatic N) is 1. The summed E-state index contributed by atoms with van der Waals surface area (Å²) in [7, 11) is 1.97. The zero-order valence-corrected chi connectivity index (χ0v) is 10.1. The van der Waals surface area contributed by atoms with Gasteiger partial charge in [-0.1, -0.05) is 12.8 Å². The van der Waals surface area contributed by atoms with Crippen molar-refractivity contribution in [2.75, 3.05) is 7.05 Å². The van der Waals surface area contributed by atoms with E-state index in [-0.39, 0.29) is 0 Å². The predicted octanol–water partition coefficient (Wildman–Crippen LogP) is 2.18. The van der Waals surface area contributed by atoms with Crippen molar-refractivity contribution < 1.29 is 0 Å². The quantitative estimate of drug-likeness (QED) is 0.800. The molecular formula is C13H21N3. The Morgan fingerprint density at radius 2 is 2.12 bits per heavy atom. The van der Waals surface area contributed by atoms with Gasteiger partial charge in [0, 0.05) is 5.69 Å². The summed E-state index contributed by atoms with van der Waals surface area (Å²) >= 11 is 0. The van der Waals surface area contributed by atoms with Crippen LogP contribution in [-0.4, -0.2) is 17.0 Å². The fourth-order valence-electron chi connectivity index (χ4n) is 3.51. The van der Waals surface area contributed by atoms with Crippen LogP contribution in [0.25, 0.3) is 0 Å². The van der Waals surface area contributed by atoms with Gasteiger partial charge in [0.25, 0.3) is 0 Å². The summed E-state index contributed by atoms with van der Waals surface area (Å²) in [6.07, 6.45) is 9.55. The minimum Gasteiger partial charge on any atom is -0.345 e. The van der Waals surface area contributed by atoms with Crippen molar-refractivity contribution in [3.05, 3.63) is 17.2 Å². The van der Waals surface area contributed by atoms with Crippen LogP contribution in [0.1, 0.15) is 49.3 Å². The van der Waals surface area contributed by atoms with E-state index in [0.29, 0.717) is 5.41 Å². The summed E-state index contributed by atoms with van der Waals surface area (Å²) in [5.74, 6) is 1.11. The molecule has 3 nitrogen and oxygen atoms in total. The first-order valence-corrected chi connectivity index (χ1v) is 6.53. The van der Waals surface area contributed by atoms with Crippen molar-refractivity contribution in [2.45, 2.75) is 51.5 Å². The van der Waals surface area contributed by atoms with Crippen LogP contribution in [0.3, 0.4) is 0 Å². The standard InChI is InChI=1S/C13H21N3/c1-14-9-12-15-10-4-7-13(5-2-3-6-13)8-11(10)16-12/h14H,2-9H2,1H3,(H,15,16). The molecule has 0 saturated heterocycles. The summed E-state index contributed by atoms with van der Waals surface area (Å²) in [6.45, 7) is 0.861. The molecule has 1 saturated carbocycles. The molecule has 1 spiro atoms. The van der Waals surface area contributed by atoms with Gasteiger partial charge in [0.15, 0.2) is 0 Å². The smallest absolute Gasteiger partial charge is 0.120 e. The van der Waals surface area contributed by atoms with Crippen LogP contribution in [0.4, 0.5) is 0 Å². The molecule has 1 fully saturated rings. The number of H-pyrrole nitrogens is 1. The Labute approximate surface area is 97.0 Å². The lowest BCUT2D eigenvalue weighted by Gasteiger charge is -2.32. The Morgan fingerprint density at radius 3 is 2.88 bits per heavy atom. The molecule has 0 unspecified atom stereocenters. The van der Waals surface area contributed by atoms with E-state index in [0.717, 1.165) is 12.4 Å². The van der Waals surface area contributed by atoms with Crippen LogP contribution in [0, 0.1) is 5.41 Å². The average Bonchev–Trinajstić information content (AvgIpc) is 2.86. The molecule has 0 bridgehead atoms. The van der Waals surface area contributed by atoms with Crippen LogP contribution in [0.2, 0.25) is 0 Å². The van der Waals surface area contributed by atoms with Crippen molar-refractivity contribution in [1.29, 1.82) is 0 Å². The van der Waals surface area contributed by atoms with Crippen molar-refractivity contribution in [3.63, 3.8) is 0 Å². The first kappa shape index (κ1) is 10.3. The third-order valence-electron chi connectivity index (χ3n) is 4.37. The highest BCUT2D eigenvalue weighted by atomic mass is 15.0. The number of aromatic amines is 1. The highest BCUT2D eigenvalue weighted by molar-refractivity contribution is 5.21. The van der Waals surface area contributed by atoms with E-state index in [9.17, 15) is 0 Å². The number of aromatic nitrogens is 2. The third kappa shape index (κ3) is 1.67. The molecule has 0 aliphatic heterocycles. The zero-order chi connectivity index (χ0) is 11.0. The van der Waals surface area contributed by atoms with Crippen molar-refractivity contribution >= 4 is 0 Å². The minimum atomic E-state index is 0.635. The summed E-state index contributed by atoms with van der Waals surface area (Å²) in [4.78, 5) is 8.19. The van der Waals surface area contributed by atoms with Gasteiger partial charge in [-0.05, 0) is 44.6 Å². The fourth-order valence-corrected chi connectivity index (χ4v) is 3.51. The molecule has 3 heteroatoms. The van der Waals surface area contributed by atoms with E-state index in [4.69, 9.17) is 0 Å². The summed E-state index contributed by atoms with van der Waals surface area (Å²) in [5.41, 5.74) is 3.40. The van der Waals surface area contributed by atoms with E-state index in [1.54, 1.807) is 0 Å². The van der Waals surface area contributed by atoms with Gasteiger partial charge in [-0.15, -0.1) is 0 Å². The monoisotopic (exact) mass is 219 g/mol. The number of hydrogen-bond acceptors (Lipinski definition) is 2. The first-order valence-electron chi connectivity index (χ1n) is 6.53. The normalized spacial score (nSPS) is 22.6. The van der Waals surface area contributed by atoms with Crippen LogP contribution in [0.5, 0.6) is 0 Å². The zero-order valence-electron chi connectivity index (χ0n) is 10.1. The van der Waals surface area contributed by atoms with Gasteiger partial charge in [0.2, 0.25) is 0 Å². The topological polar surface area (TPSA) is 40.7 Å². The molecule has 16 heavy (non-hydrogen) atoms. The van der Waals surface area contributed by atoms with Crippen molar-refractivity contribution in [3.8, 4) is 0 Å². The number of aryl methyl sites for hydroxylation is 1. The molecule has 1 heterocycles. The molecular weight excluding hydrogens is 198 g/mol. The van der Waals surface area contributed by atoms with E-state index in [2.05, 4.69) is 15.3 Å². The van der Waals surface area contributed by atoms with Gasteiger partial charge < -0.3 is 10.3 Å². The number of nitrogens with one attached hydrogen (secondary N) is 2. The van der Waals surface area contributed by atoms with E-state index in [1.807, 2.05) is 7.05 Å². The molecule has 0 aromatic carbocycles. The molecule has 3 rings (SSSR count). The Bertz CT molecular complexity index is 375. The molecule has 0 amide bonds. The molecule has 1 aromatic rings. The van der Waals surface area contributed by atoms with E-state index >= 15 is 0 Å². The lowest BCUT2D eigenvalue weighted by Crippen LogP contribution is -2.25. The van der Waals surface area contributed by atoms with Gasteiger partial charge in [-0.25, -0.2) is 4.98 Å². The highest BCUT2D eigenvalue weighted by Gasteiger charge is 2.38. The van der Waals surface area contributed by atoms with Gasteiger partial charge in [0.05, 0.1) is 12.2 Å². The largest absolute Gasteiger partial charge is 0.345 e. The van der Waals surface area contributed by atoms with Crippen LogP contribution in [-0.2, 0) is 19.4 Å². The molecule has 0 radical (unpaired) electrons. The molecule has 2 aliphatic rings. The molecule has 2 aliphatic carbocycles. The minimum absolute atomic E-state index is 0.635. The van der Waals surface area contributed by atoms with Crippen molar-refractivity contribution in [1.82, 2.24) is 15.3 Å². The number of imidazole rings is 1. The summed E-state index contributed by atoms with van der Waals surface area (Å²) in [6, 6.07) is 0. The summed E-state index contributed by atoms with van der Waals surface area (Å²) in [5, 5.41) is 3.16. The maximum Gasteiger partial charge on any atom is 0.120 e. The summed E-state index contributed by atoms with van der Waals surface area (Å²) < 4.78 is 0.